The number of rotatable bonds is 3. The number of hydrogen-bond acceptors (Lipinski definition) is 4. The van der Waals surface area contributed by atoms with Gasteiger partial charge in [-0.2, -0.15) is 0 Å². The molecule has 4 heteroatoms. The summed E-state index contributed by atoms with van der Waals surface area (Å²) in [4.78, 5) is 0. The Morgan fingerprint density at radius 3 is 2.57 bits per heavy atom. The number of ether oxygens (including phenoxy) is 1. The lowest BCUT2D eigenvalue weighted by Crippen LogP contribution is -1.93. The Kier molecular flexibility index (Phi) is 3.36. The first-order chi connectivity index (χ1) is 10.2. The minimum atomic E-state index is 0.359. The van der Waals surface area contributed by atoms with Gasteiger partial charge < -0.3 is 15.0 Å². The Hall–Kier alpha value is -2.75. The van der Waals surface area contributed by atoms with E-state index >= 15 is 0 Å². The molecule has 3 rings (SSSR count). The van der Waals surface area contributed by atoms with Gasteiger partial charge in [-0.1, -0.05) is 47.1 Å². The van der Waals surface area contributed by atoms with Gasteiger partial charge in [0.15, 0.2) is 11.6 Å². The largest absolute Gasteiger partial charge is 0.496 e. The van der Waals surface area contributed by atoms with E-state index in [9.17, 15) is 0 Å². The summed E-state index contributed by atoms with van der Waals surface area (Å²) in [7, 11) is 1.64. The van der Waals surface area contributed by atoms with Crippen LogP contribution in [-0.4, -0.2) is 12.3 Å². The van der Waals surface area contributed by atoms with Crippen molar-refractivity contribution in [1.82, 2.24) is 5.16 Å². The molecule has 0 amide bonds. The van der Waals surface area contributed by atoms with E-state index in [4.69, 9.17) is 15.0 Å². The van der Waals surface area contributed by atoms with Crippen molar-refractivity contribution in [2.75, 3.05) is 12.8 Å². The average molecular weight is 280 g/mol. The highest BCUT2D eigenvalue weighted by atomic mass is 16.5. The van der Waals surface area contributed by atoms with Gasteiger partial charge in [0.1, 0.15) is 5.75 Å². The number of aryl methyl sites for hydroxylation is 1. The van der Waals surface area contributed by atoms with E-state index in [0.29, 0.717) is 11.6 Å². The van der Waals surface area contributed by atoms with Crippen LogP contribution in [0, 0.1) is 6.92 Å². The third-order valence-electron chi connectivity index (χ3n) is 3.38. The Bertz CT molecular complexity index is 764. The van der Waals surface area contributed by atoms with Gasteiger partial charge in [0.05, 0.1) is 12.7 Å². The Balaban J connectivity index is 2.24. The predicted octanol–water partition coefficient (Wildman–Crippen LogP) is 3.91. The molecule has 0 radical (unpaired) electrons. The third-order valence-corrected chi connectivity index (χ3v) is 3.38. The minimum Gasteiger partial charge on any atom is -0.496 e. The molecule has 0 spiro atoms. The van der Waals surface area contributed by atoms with Crippen molar-refractivity contribution in [2.24, 2.45) is 0 Å². The summed E-state index contributed by atoms with van der Waals surface area (Å²) < 4.78 is 10.9. The highest BCUT2D eigenvalue weighted by molar-refractivity contribution is 5.89. The number of benzene rings is 2. The van der Waals surface area contributed by atoms with Gasteiger partial charge in [-0.25, -0.2) is 0 Å². The molecule has 0 unspecified atom stereocenters. The van der Waals surface area contributed by atoms with Crippen molar-refractivity contribution >= 4 is 5.82 Å². The van der Waals surface area contributed by atoms with Crippen LogP contribution in [-0.2, 0) is 0 Å². The molecule has 3 aromatic rings. The first-order valence-electron chi connectivity index (χ1n) is 6.66. The molecule has 1 aromatic heterocycles. The maximum atomic E-state index is 6.02. The van der Waals surface area contributed by atoms with E-state index in [2.05, 4.69) is 5.16 Å². The first-order valence-corrected chi connectivity index (χ1v) is 6.66. The van der Waals surface area contributed by atoms with Gasteiger partial charge in [0.2, 0.25) is 0 Å². The molecule has 0 aliphatic heterocycles. The van der Waals surface area contributed by atoms with Crippen LogP contribution >= 0.6 is 0 Å². The van der Waals surface area contributed by atoms with Crippen LogP contribution in [0.1, 0.15) is 5.56 Å². The number of nitrogens with zero attached hydrogens (tertiary/aromatic N) is 1. The summed E-state index contributed by atoms with van der Waals surface area (Å²) >= 11 is 0. The Morgan fingerprint density at radius 1 is 1.10 bits per heavy atom. The van der Waals surface area contributed by atoms with Crippen molar-refractivity contribution in [3.05, 3.63) is 54.1 Å². The van der Waals surface area contributed by atoms with Crippen molar-refractivity contribution in [3.8, 4) is 28.2 Å². The molecular formula is C17H16N2O2. The lowest BCUT2D eigenvalue weighted by atomic mass is 9.99. The van der Waals surface area contributed by atoms with E-state index in [1.165, 1.54) is 0 Å². The fraction of sp³-hybridized carbons (Fsp3) is 0.118. The predicted molar refractivity (Wildman–Crippen MR) is 83.1 cm³/mol. The maximum Gasteiger partial charge on any atom is 0.177 e. The van der Waals surface area contributed by atoms with Gasteiger partial charge in [0.25, 0.3) is 0 Å². The van der Waals surface area contributed by atoms with Gasteiger partial charge in [-0.15, -0.1) is 0 Å². The standard InChI is InChI=1S/C17H16N2O2/c1-11-8-9-14(20-2)13(10-11)15-16(21-19-17(15)18)12-6-4-3-5-7-12/h3-10H,1-2H3,(H2,18,19). The molecule has 0 saturated heterocycles. The lowest BCUT2D eigenvalue weighted by Gasteiger charge is -2.10. The molecule has 106 valence electrons. The van der Waals surface area contributed by atoms with Gasteiger partial charge >= 0.3 is 0 Å². The van der Waals surface area contributed by atoms with Crippen LogP contribution in [0.15, 0.2) is 53.1 Å². The Morgan fingerprint density at radius 2 is 1.86 bits per heavy atom. The van der Waals surface area contributed by atoms with E-state index in [1.807, 2.05) is 55.5 Å². The van der Waals surface area contributed by atoms with Gasteiger partial charge in [0, 0.05) is 11.1 Å². The normalized spacial score (nSPS) is 10.6. The molecule has 0 saturated carbocycles. The van der Waals surface area contributed by atoms with Gasteiger partial charge in [-0.05, 0) is 19.1 Å². The van der Waals surface area contributed by atoms with E-state index < -0.39 is 0 Å². The summed E-state index contributed by atoms with van der Waals surface area (Å²) in [6, 6.07) is 15.7. The fourth-order valence-corrected chi connectivity index (χ4v) is 2.37. The summed E-state index contributed by atoms with van der Waals surface area (Å²) in [6.45, 7) is 2.02. The van der Waals surface area contributed by atoms with E-state index in [-0.39, 0.29) is 0 Å². The number of nitrogen functional groups attached to an aromatic ring is 1. The molecular weight excluding hydrogens is 264 g/mol. The molecule has 21 heavy (non-hydrogen) atoms. The molecule has 0 aliphatic rings. The van der Waals surface area contributed by atoms with Crippen LogP contribution < -0.4 is 10.5 Å². The second kappa shape index (κ2) is 5.32. The topological polar surface area (TPSA) is 61.3 Å². The van der Waals surface area contributed by atoms with Crippen LogP contribution in [0.5, 0.6) is 5.75 Å². The third kappa shape index (κ3) is 2.36. The second-order valence-electron chi connectivity index (χ2n) is 4.84. The molecule has 2 aromatic carbocycles. The van der Waals surface area contributed by atoms with Crippen LogP contribution in [0.25, 0.3) is 22.5 Å². The summed E-state index contributed by atoms with van der Waals surface area (Å²) in [5, 5.41) is 3.92. The van der Waals surface area contributed by atoms with Crippen LogP contribution in [0.3, 0.4) is 0 Å². The highest BCUT2D eigenvalue weighted by Crippen LogP contribution is 2.41. The first kappa shape index (κ1) is 13.2. The molecule has 0 fully saturated rings. The molecule has 2 N–H and O–H groups in total. The lowest BCUT2D eigenvalue weighted by molar-refractivity contribution is 0.416. The second-order valence-corrected chi connectivity index (χ2v) is 4.84. The van der Waals surface area contributed by atoms with E-state index in [1.54, 1.807) is 7.11 Å². The van der Waals surface area contributed by atoms with Crippen LogP contribution in [0.4, 0.5) is 5.82 Å². The number of hydrogen-bond donors (Lipinski definition) is 1. The maximum absolute atomic E-state index is 6.02. The zero-order chi connectivity index (χ0) is 14.8. The minimum absolute atomic E-state index is 0.359. The van der Waals surface area contributed by atoms with Crippen molar-refractivity contribution < 1.29 is 9.26 Å². The quantitative estimate of drug-likeness (QED) is 0.790. The van der Waals surface area contributed by atoms with Crippen LogP contribution in [0.2, 0.25) is 0 Å². The average Bonchev–Trinajstić information content (AvgIpc) is 2.89. The summed E-state index contributed by atoms with van der Waals surface area (Å²) in [6.07, 6.45) is 0. The molecule has 0 atom stereocenters. The smallest absolute Gasteiger partial charge is 0.177 e. The van der Waals surface area contributed by atoms with Crippen molar-refractivity contribution in [2.45, 2.75) is 6.92 Å². The highest BCUT2D eigenvalue weighted by Gasteiger charge is 2.20. The summed E-state index contributed by atoms with van der Waals surface area (Å²) in [5.41, 5.74) is 9.72. The number of aromatic nitrogens is 1. The SMILES string of the molecule is COc1ccc(C)cc1-c1c(N)noc1-c1ccccc1. The zero-order valence-electron chi connectivity index (χ0n) is 12.0. The van der Waals surface area contributed by atoms with Crippen molar-refractivity contribution in [1.29, 1.82) is 0 Å². The monoisotopic (exact) mass is 280 g/mol. The van der Waals surface area contributed by atoms with Crippen molar-refractivity contribution in [3.63, 3.8) is 0 Å². The number of methoxy groups -OCH3 is 1. The Labute approximate surface area is 123 Å². The fourth-order valence-electron chi connectivity index (χ4n) is 2.37. The molecule has 0 aliphatic carbocycles. The van der Waals surface area contributed by atoms with E-state index in [0.717, 1.165) is 28.0 Å². The number of anilines is 1. The molecule has 4 nitrogen and oxygen atoms in total. The summed E-state index contributed by atoms with van der Waals surface area (Å²) in [5.74, 6) is 1.75. The molecule has 1 heterocycles. The van der Waals surface area contributed by atoms with Gasteiger partial charge in [-0.3, -0.25) is 0 Å². The zero-order valence-corrected chi connectivity index (χ0v) is 12.0. The molecule has 0 bridgehead atoms. The number of nitrogens with two attached hydrogens (primary N) is 1.